The van der Waals surface area contributed by atoms with Crippen molar-refractivity contribution in [1.29, 1.82) is 0 Å². The van der Waals surface area contributed by atoms with Crippen molar-refractivity contribution in [2.24, 2.45) is 17.8 Å². The highest BCUT2D eigenvalue weighted by molar-refractivity contribution is 5.67. The fourth-order valence-corrected chi connectivity index (χ4v) is 7.13. The molecule has 3 aliphatic rings. The van der Waals surface area contributed by atoms with Gasteiger partial charge in [-0.2, -0.15) is 13.2 Å². The van der Waals surface area contributed by atoms with Crippen LogP contribution in [0.3, 0.4) is 0 Å². The van der Waals surface area contributed by atoms with Gasteiger partial charge in [-0.3, -0.25) is 9.69 Å². The third-order valence-corrected chi connectivity index (χ3v) is 9.04. The van der Waals surface area contributed by atoms with Crippen LogP contribution in [-0.4, -0.2) is 35.1 Å². The van der Waals surface area contributed by atoms with Crippen molar-refractivity contribution in [3.05, 3.63) is 35.4 Å². The fraction of sp³-hybridized carbons (Fsp3) is 0.759. The van der Waals surface area contributed by atoms with Gasteiger partial charge in [-0.1, -0.05) is 57.1 Å². The number of carboxylic acids is 1. The zero-order chi connectivity index (χ0) is 24.8. The van der Waals surface area contributed by atoms with Crippen molar-refractivity contribution < 1.29 is 23.1 Å². The van der Waals surface area contributed by atoms with Gasteiger partial charge in [-0.25, -0.2) is 0 Å². The molecular formula is C29H42F3NO2. The zero-order valence-electron chi connectivity index (χ0n) is 20.9. The normalized spacial score (nSPS) is 26.9. The van der Waals surface area contributed by atoms with Crippen molar-refractivity contribution >= 4 is 5.97 Å². The quantitative estimate of drug-likeness (QED) is 0.380. The molecule has 3 fully saturated rings. The summed E-state index contributed by atoms with van der Waals surface area (Å²) >= 11 is 0. The third-order valence-electron chi connectivity index (χ3n) is 9.04. The molecule has 0 amide bonds. The van der Waals surface area contributed by atoms with E-state index in [1.807, 2.05) is 0 Å². The topological polar surface area (TPSA) is 40.5 Å². The summed E-state index contributed by atoms with van der Waals surface area (Å²) in [6.07, 6.45) is 11.4. The van der Waals surface area contributed by atoms with Crippen molar-refractivity contribution in [1.82, 2.24) is 4.90 Å². The van der Waals surface area contributed by atoms with E-state index in [9.17, 15) is 23.1 Å². The minimum atomic E-state index is -4.34. The molecule has 196 valence electrons. The summed E-state index contributed by atoms with van der Waals surface area (Å²) in [5.41, 5.74) is 0.322. The van der Waals surface area contributed by atoms with Crippen LogP contribution >= 0.6 is 0 Å². The van der Waals surface area contributed by atoms with Crippen LogP contribution in [-0.2, 0) is 11.0 Å². The van der Waals surface area contributed by atoms with Gasteiger partial charge >= 0.3 is 12.1 Å². The van der Waals surface area contributed by atoms with E-state index in [-0.39, 0.29) is 24.3 Å². The first-order chi connectivity index (χ1) is 16.8. The lowest BCUT2D eigenvalue weighted by Gasteiger charge is -2.44. The van der Waals surface area contributed by atoms with Gasteiger partial charge in [0, 0.05) is 19.0 Å². The van der Waals surface area contributed by atoms with Gasteiger partial charge in [-0.05, 0) is 86.4 Å². The number of benzene rings is 1. The first-order valence-electron chi connectivity index (χ1n) is 13.9. The largest absolute Gasteiger partial charge is 0.481 e. The maximum atomic E-state index is 13.2. The SMILES string of the molecule is O=C(O)CC1CCC(N(CCC2CCCCC2)CC2CCCC2)C(c2ccc(C(F)(F)F)cc2)C1. The van der Waals surface area contributed by atoms with Gasteiger partial charge in [0.1, 0.15) is 0 Å². The number of nitrogens with zero attached hydrogens (tertiary/aromatic N) is 1. The molecule has 1 aromatic carbocycles. The Hall–Kier alpha value is -1.56. The summed E-state index contributed by atoms with van der Waals surface area (Å²) in [6.45, 7) is 2.14. The predicted octanol–water partition coefficient (Wildman–Crippen LogP) is 7.90. The van der Waals surface area contributed by atoms with Crippen molar-refractivity contribution in [3.63, 3.8) is 0 Å². The van der Waals surface area contributed by atoms with Gasteiger partial charge in [0.2, 0.25) is 0 Å². The molecule has 3 saturated carbocycles. The maximum absolute atomic E-state index is 13.2. The Balaban J connectivity index is 1.55. The molecule has 3 unspecified atom stereocenters. The molecule has 0 aromatic heterocycles. The van der Waals surface area contributed by atoms with Crippen LogP contribution in [0.2, 0.25) is 0 Å². The summed E-state index contributed by atoms with van der Waals surface area (Å²) in [4.78, 5) is 14.1. The van der Waals surface area contributed by atoms with Gasteiger partial charge < -0.3 is 5.11 Å². The van der Waals surface area contributed by atoms with Crippen molar-refractivity contribution in [3.8, 4) is 0 Å². The predicted molar refractivity (Wildman–Crippen MR) is 132 cm³/mol. The highest BCUT2D eigenvalue weighted by Gasteiger charge is 2.38. The lowest BCUT2D eigenvalue weighted by molar-refractivity contribution is -0.139. The highest BCUT2D eigenvalue weighted by Crippen LogP contribution is 2.42. The standard InChI is InChI=1S/C29H42F3NO2/c30-29(31,32)25-13-11-24(12-14-25)26-18-23(19-28(34)35)10-15-27(26)33(20-22-8-4-5-9-22)17-16-21-6-2-1-3-7-21/h11-14,21-23,26-27H,1-10,15-20H2,(H,34,35). The Morgan fingerprint density at radius 2 is 1.49 bits per heavy atom. The molecule has 0 spiro atoms. The average Bonchev–Trinajstić information content (AvgIpc) is 3.35. The molecule has 3 nitrogen and oxygen atoms in total. The lowest BCUT2D eigenvalue weighted by Crippen LogP contribution is -2.46. The van der Waals surface area contributed by atoms with E-state index in [0.29, 0.717) is 5.92 Å². The number of hydrogen-bond acceptors (Lipinski definition) is 2. The second-order valence-corrected chi connectivity index (χ2v) is 11.5. The number of carbonyl (C=O) groups is 1. The number of halogens is 3. The van der Waals surface area contributed by atoms with E-state index in [4.69, 9.17) is 0 Å². The van der Waals surface area contributed by atoms with Crippen LogP contribution in [0.5, 0.6) is 0 Å². The Labute approximate surface area is 208 Å². The molecule has 35 heavy (non-hydrogen) atoms. The van der Waals surface area contributed by atoms with E-state index in [1.165, 1.54) is 76.3 Å². The molecular weight excluding hydrogens is 451 g/mol. The smallest absolute Gasteiger partial charge is 0.416 e. The second-order valence-electron chi connectivity index (χ2n) is 11.5. The van der Waals surface area contributed by atoms with E-state index in [2.05, 4.69) is 4.90 Å². The van der Waals surface area contributed by atoms with Gasteiger partial charge in [0.05, 0.1) is 5.56 Å². The number of carboxylic acid groups (broad SMARTS) is 1. The molecule has 3 aliphatic carbocycles. The van der Waals surface area contributed by atoms with Crippen LogP contribution in [0, 0.1) is 17.8 Å². The Bertz CT molecular complexity index is 797. The monoisotopic (exact) mass is 493 g/mol. The van der Waals surface area contributed by atoms with Crippen LogP contribution in [0.1, 0.15) is 107 Å². The first-order valence-corrected chi connectivity index (χ1v) is 13.9. The number of aliphatic carboxylic acids is 1. The van der Waals surface area contributed by atoms with Crippen molar-refractivity contribution in [2.75, 3.05) is 13.1 Å². The molecule has 0 heterocycles. The molecule has 3 atom stereocenters. The minimum Gasteiger partial charge on any atom is -0.481 e. The lowest BCUT2D eigenvalue weighted by atomic mass is 9.72. The molecule has 4 rings (SSSR count). The molecule has 1 N–H and O–H groups in total. The van der Waals surface area contributed by atoms with E-state index < -0.39 is 17.7 Å². The molecule has 0 aliphatic heterocycles. The average molecular weight is 494 g/mol. The van der Waals surface area contributed by atoms with E-state index in [0.717, 1.165) is 43.8 Å². The number of alkyl halides is 3. The molecule has 1 aromatic rings. The van der Waals surface area contributed by atoms with Crippen molar-refractivity contribution in [2.45, 2.75) is 108 Å². The Morgan fingerprint density at radius 3 is 2.11 bits per heavy atom. The van der Waals surface area contributed by atoms with Crippen LogP contribution in [0.15, 0.2) is 24.3 Å². The molecule has 0 bridgehead atoms. The first kappa shape index (κ1) is 26.5. The zero-order valence-corrected chi connectivity index (χ0v) is 20.9. The van der Waals surface area contributed by atoms with Gasteiger partial charge in [0.25, 0.3) is 0 Å². The van der Waals surface area contributed by atoms with Crippen LogP contribution in [0.4, 0.5) is 13.2 Å². The van der Waals surface area contributed by atoms with E-state index in [1.54, 1.807) is 12.1 Å². The highest BCUT2D eigenvalue weighted by atomic mass is 19.4. The number of hydrogen-bond donors (Lipinski definition) is 1. The molecule has 6 heteroatoms. The summed E-state index contributed by atoms with van der Waals surface area (Å²) in [6, 6.07) is 5.99. The van der Waals surface area contributed by atoms with Crippen LogP contribution < -0.4 is 0 Å². The second kappa shape index (κ2) is 12.1. The van der Waals surface area contributed by atoms with E-state index >= 15 is 0 Å². The third kappa shape index (κ3) is 7.47. The summed E-state index contributed by atoms with van der Waals surface area (Å²) in [5, 5.41) is 9.41. The van der Waals surface area contributed by atoms with Crippen LogP contribution in [0.25, 0.3) is 0 Å². The minimum absolute atomic E-state index is 0.0858. The summed E-state index contributed by atoms with van der Waals surface area (Å²) in [5.74, 6) is 0.902. The molecule has 0 radical (unpaired) electrons. The Morgan fingerprint density at radius 1 is 0.857 bits per heavy atom. The maximum Gasteiger partial charge on any atom is 0.416 e. The van der Waals surface area contributed by atoms with Gasteiger partial charge in [0.15, 0.2) is 0 Å². The fourth-order valence-electron chi connectivity index (χ4n) is 7.13. The number of rotatable bonds is 9. The molecule has 0 saturated heterocycles. The van der Waals surface area contributed by atoms with Gasteiger partial charge in [-0.15, -0.1) is 0 Å². The summed E-state index contributed by atoms with van der Waals surface area (Å²) in [7, 11) is 0. The Kier molecular flexibility index (Phi) is 9.18. The summed E-state index contributed by atoms with van der Waals surface area (Å²) < 4.78 is 39.6.